The van der Waals surface area contributed by atoms with Crippen molar-refractivity contribution < 1.29 is 4.74 Å². The first-order chi connectivity index (χ1) is 8.74. The number of aryl methyl sites for hydroxylation is 1. The highest BCUT2D eigenvalue weighted by molar-refractivity contribution is 7.97. The van der Waals surface area contributed by atoms with Gasteiger partial charge in [0.05, 0.1) is 6.10 Å². The van der Waals surface area contributed by atoms with Crippen molar-refractivity contribution in [2.24, 2.45) is 0 Å². The minimum Gasteiger partial charge on any atom is -0.381 e. The monoisotopic (exact) mass is 264 g/mol. The fraction of sp³-hybridized carbons (Fsp3) is 0.625. The van der Waals surface area contributed by atoms with Crippen molar-refractivity contribution in [3.8, 4) is 0 Å². The molecular formula is C16H24OS. The van der Waals surface area contributed by atoms with Crippen LogP contribution in [0.25, 0.3) is 0 Å². The Labute approximate surface area is 115 Å². The number of ether oxygens (including phenoxy) is 1. The second-order valence-electron chi connectivity index (χ2n) is 5.33. The van der Waals surface area contributed by atoms with Crippen LogP contribution in [0.5, 0.6) is 0 Å². The molecule has 0 saturated heterocycles. The minimum absolute atomic E-state index is 0.498. The SMILES string of the molecule is COC1CCC(c2ccc(CSC)c(C)c2)CC1. The van der Waals surface area contributed by atoms with Gasteiger partial charge in [0.25, 0.3) is 0 Å². The van der Waals surface area contributed by atoms with Crippen LogP contribution >= 0.6 is 11.8 Å². The molecule has 0 spiro atoms. The number of methoxy groups -OCH3 is 1. The van der Waals surface area contributed by atoms with E-state index in [-0.39, 0.29) is 0 Å². The van der Waals surface area contributed by atoms with E-state index in [0.29, 0.717) is 6.10 Å². The zero-order valence-corrected chi connectivity index (χ0v) is 12.6. The molecule has 1 aromatic rings. The Morgan fingerprint density at radius 1 is 1.22 bits per heavy atom. The summed E-state index contributed by atoms with van der Waals surface area (Å²) in [6.07, 6.45) is 7.65. The van der Waals surface area contributed by atoms with Crippen LogP contribution in [0.1, 0.15) is 48.3 Å². The van der Waals surface area contributed by atoms with Crippen molar-refractivity contribution in [2.45, 2.75) is 50.4 Å². The summed E-state index contributed by atoms with van der Waals surface area (Å²) in [5.74, 6) is 1.88. The summed E-state index contributed by atoms with van der Waals surface area (Å²) < 4.78 is 5.45. The van der Waals surface area contributed by atoms with Gasteiger partial charge in [0.2, 0.25) is 0 Å². The minimum atomic E-state index is 0.498. The quantitative estimate of drug-likeness (QED) is 0.790. The molecule has 0 unspecified atom stereocenters. The molecule has 1 fully saturated rings. The molecule has 2 heteroatoms. The molecular weight excluding hydrogens is 240 g/mol. The molecule has 1 aliphatic carbocycles. The van der Waals surface area contributed by atoms with Gasteiger partial charge in [0, 0.05) is 12.9 Å². The molecule has 1 aliphatic rings. The zero-order valence-electron chi connectivity index (χ0n) is 11.7. The first-order valence-corrected chi connectivity index (χ1v) is 8.25. The summed E-state index contributed by atoms with van der Waals surface area (Å²) in [5.41, 5.74) is 4.47. The van der Waals surface area contributed by atoms with E-state index in [0.717, 1.165) is 11.7 Å². The van der Waals surface area contributed by atoms with Gasteiger partial charge in [-0.2, -0.15) is 11.8 Å². The molecule has 0 radical (unpaired) electrons. The summed E-state index contributed by atoms with van der Waals surface area (Å²) in [7, 11) is 1.84. The molecule has 1 aromatic carbocycles. The van der Waals surface area contributed by atoms with Crippen LogP contribution in [0.2, 0.25) is 0 Å². The lowest BCUT2D eigenvalue weighted by Gasteiger charge is -2.28. The summed E-state index contributed by atoms with van der Waals surface area (Å²) in [6.45, 7) is 2.25. The third-order valence-corrected chi connectivity index (χ3v) is 4.75. The van der Waals surface area contributed by atoms with Crippen molar-refractivity contribution in [2.75, 3.05) is 13.4 Å². The topological polar surface area (TPSA) is 9.23 Å². The molecule has 0 N–H and O–H groups in total. The lowest BCUT2D eigenvalue weighted by atomic mass is 9.82. The number of rotatable bonds is 4. The molecule has 1 nitrogen and oxygen atoms in total. The molecule has 0 heterocycles. The van der Waals surface area contributed by atoms with Crippen molar-refractivity contribution >= 4 is 11.8 Å². The van der Waals surface area contributed by atoms with E-state index in [1.807, 2.05) is 18.9 Å². The van der Waals surface area contributed by atoms with Crippen LogP contribution < -0.4 is 0 Å². The highest BCUT2D eigenvalue weighted by Crippen LogP contribution is 2.34. The summed E-state index contributed by atoms with van der Waals surface area (Å²) >= 11 is 1.90. The molecule has 0 aromatic heterocycles. The Morgan fingerprint density at radius 2 is 1.94 bits per heavy atom. The second kappa shape index (κ2) is 6.63. The first-order valence-electron chi connectivity index (χ1n) is 6.85. The lowest BCUT2D eigenvalue weighted by molar-refractivity contribution is 0.0658. The van der Waals surface area contributed by atoms with Gasteiger partial charge in [0.15, 0.2) is 0 Å². The molecule has 18 heavy (non-hydrogen) atoms. The van der Waals surface area contributed by atoms with Gasteiger partial charge in [-0.25, -0.2) is 0 Å². The van der Waals surface area contributed by atoms with Gasteiger partial charge in [-0.05, 0) is 61.5 Å². The van der Waals surface area contributed by atoms with Gasteiger partial charge in [-0.3, -0.25) is 0 Å². The first kappa shape index (κ1) is 14.0. The van der Waals surface area contributed by atoms with Crippen LogP contribution in [0.15, 0.2) is 18.2 Å². The fourth-order valence-corrected chi connectivity index (χ4v) is 3.56. The average molecular weight is 264 g/mol. The van der Waals surface area contributed by atoms with E-state index < -0.39 is 0 Å². The maximum Gasteiger partial charge on any atom is 0.0571 e. The van der Waals surface area contributed by atoms with Gasteiger partial charge in [-0.1, -0.05) is 18.2 Å². The van der Waals surface area contributed by atoms with Crippen molar-refractivity contribution in [1.29, 1.82) is 0 Å². The average Bonchev–Trinajstić information content (AvgIpc) is 2.41. The summed E-state index contributed by atoms with van der Waals surface area (Å²) in [6, 6.07) is 7.07. The third kappa shape index (κ3) is 3.30. The standard InChI is InChI=1S/C16H24OS/c1-12-10-14(4-5-15(12)11-18-3)13-6-8-16(17-2)9-7-13/h4-5,10,13,16H,6-9,11H2,1-3H3. The second-order valence-corrected chi connectivity index (χ2v) is 6.19. The van der Waals surface area contributed by atoms with E-state index >= 15 is 0 Å². The zero-order chi connectivity index (χ0) is 13.0. The van der Waals surface area contributed by atoms with E-state index in [2.05, 4.69) is 31.4 Å². The van der Waals surface area contributed by atoms with E-state index in [9.17, 15) is 0 Å². The van der Waals surface area contributed by atoms with E-state index in [4.69, 9.17) is 4.74 Å². The summed E-state index contributed by atoms with van der Waals surface area (Å²) in [5, 5.41) is 0. The van der Waals surface area contributed by atoms with E-state index in [1.165, 1.54) is 42.4 Å². The Kier molecular flexibility index (Phi) is 5.13. The molecule has 0 atom stereocenters. The molecule has 100 valence electrons. The Balaban J connectivity index is 2.03. The highest BCUT2D eigenvalue weighted by Gasteiger charge is 2.22. The molecule has 0 aliphatic heterocycles. The van der Waals surface area contributed by atoms with Crippen LogP contribution in [-0.4, -0.2) is 19.5 Å². The highest BCUT2D eigenvalue weighted by atomic mass is 32.2. The van der Waals surface area contributed by atoms with Crippen LogP contribution in [0.3, 0.4) is 0 Å². The normalized spacial score (nSPS) is 24.2. The van der Waals surface area contributed by atoms with E-state index in [1.54, 1.807) is 0 Å². The number of benzene rings is 1. The fourth-order valence-electron chi connectivity index (χ4n) is 2.92. The van der Waals surface area contributed by atoms with Gasteiger partial charge in [0.1, 0.15) is 0 Å². The maximum absolute atomic E-state index is 5.45. The molecule has 0 bridgehead atoms. The number of hydrogen-bond donors (Lipinski definition) is 0. The van der Waals surface area contributed by atoms with Gasteiger partial charge >= 0.3 is 0 Å². The van der Waals surface area contributed by atoms with Crippen molar-refractivity contribution in [1.82, 2.24) is 0 Å². The van der Waals surface area contributed by atoms with Crippen LogP contribution in [0, 0.1) is 6.92 Å². The predicted molar refractivity (Wildman–Crippen MR) is 80.4 cm³/mol. The van der Waals surface area contributed by atoms with Crippen LogP contribution in [0.4, 0.5) is 0 Å². The molecule has 1 saturated carbocycles. The predicted octanol–water partition coefficient (Wildman–Crippen LogP) is 4.53. The number of hydrogen-bond acceptors (Lipinski definition) is 2. The van der Waals surface area contributed by atoms with Gasteiger partial charge < -0.3 is 4.74 Å². The number of thioether (sulfide) groups is 1. The summed E-state index contributed by atoms with van der Waals surface area (Å²) in [4.78, 5) is 0. The van der Waals surface area contributed by atoms with Crippen molar-refractivity contribution in [3.05, 3.63) is 34.9 Å². The lowest BCUT2D eigenvalue weighted by Crippen LogP contribution is -2.19. The third-order valence-electron chi connectivity index (χ3n) is 4.15. The van der Waals surface area contributed by atoms with Crippen molar-refractivity contribution in [3.63, 3.8) is 0 Å². The maximum atomic E-state index is 5.45. The van der Waals surface area contributed by atoms with Crippen LogP contribution in [-0.2, 0) is 10.5 Å². The van der Waals surface area contributed by atoms with Gasteiger partial charge in [-0.15, -0.1) is 0 Å². The smallest absolute Gasteiger partial charge is 0.0571 e. The Bertz CT molecular complexity index is 381. The molecule has 2 rings (SSSR count). The Morgan fingerprint density at radius 3 is 2.50 bits per heavy atom. The largest absolute Gasteiger partial charge is 0.381 e. The molecule has 0 amide bonds. The Hall–Kier alpha value is -0.470.